The van der Waals surface area contributed by atoms with Gasteiger partial charge in [0.05, 0.1) is 29.9 Å². The minimum Gasteiger partial charge on any atom is -0.496 e. The van der Waals surface area contributed by atoms with Crippen molar-refractivity contribution in [2.24, 2.45) is 0 Å². The summed E-state index contributed by atoms with van der Waals surface area (Å²) in [5, 5.41) is 3.32. The third-order valence-electron chi connectivity index (χ3n) is 3.53. The number of hydrogen-bond donors (Lipinski definition) is 1. The third-order valence-corrected chi connectivity index (χ3v) is 4.15. The van der Waals surface area contributed by atoms with E-state index in [9.17, 15) is 4.79 Å². The van der Waals surface area contributed by atoms with Gasteiger partial charge < -0.3 is 14.8 Å². The summed E-state index contributed by atoms with van der Waals surface area (Å²) in [7, 11) is 2.99. The SMILES string of the molecule is COC(=O)c1ccc(NC(C)c2ccc(OC)c(Br)c2)nc1C. The van der Waals surface area contributed by atoms with Gasteiger partial charge in [-0.05, 0) is 59.6 Å². The van der Waals surface area contributed by atoms with Gasteiger partial charge >= 0.3 is 5.97 Å². The number of anilines is 1. The molecule has 0 radical (unpaired) electrons. The summed E-state index contributed by atoms with van der Waals surface area (Å²) < 4.78 is 10.9. The zero-order valence-corrected chi connectivity index (χ0v) is 15.1. The zero-order chi connectivity index (χ0) is 17.0. The number of methoxy groups -OCH3 is 2. The molecule has 0 bridgehead atoms. The Morgan fingerprint density at radius 3 is 2.57 bits per heavy atom. The molecule has 2 aromatic rings. The fraction of sp³-hybridized carbons (Fsp3) is 0.294. The topological polar surface area (TPSA) is 60.5 Å². The van der Waals surface area contributed by atoms with E-state index in [1.54, 1.807) is 26.2 Å². The monoisotopic (exact) mass is 378 g/mol. The number of aromatic nitrogens is 1. The Morgan fingerprint density at radius 2 is 2.00 bits per heavy atom. The number of ether oxygens (including phenoxy) is 2. The van der Waals surface area contributed by atoms with E-state index in [0.29, 0.717) is 17.1 Å². The van der Waals surface area contributed by atoms with E-state index in [4.69, 9.17) is 9.47 Å². The summed E-state index contributed by atoms with van der Waals surface area (Å²) in [5.41, 5.74) is 2.19. The van der Waals surface area contributed by atoms with E-state index in [1.807, 2.05) is 25.1 Å². The van der Waals surface area contributed by atoms with Crippen molar-refractivity contribution in [2.45, 2.75) is 19.9 Å². The maximum absolute atomic E-state index is 11.6. The molecular formula is C17H19BrN2O3. The first-order valence-corrected chi connectivity index (χ1v) is 7.91. The van der Waals surface area contributed by atoms with E-state index >= 15 is 0 Å². The summed E-state index contributed by atoms with van der Waals surface area (Å²) in [6, 6.07) is 9.45. The molecule has 0 aliphatic carbocycles. The van der Waals surface area contributed by atoms with Crippen LogP contribution in [0.15, 0.2) is 34.8 Å². The van der Waals surface area contributed by atoms with E-state index in [1.165, 1.54) is 7.11 Å². The Hall–Kier alpha value is -2.08. The molecule has 1 aromatic heterocycles. The second-order valence-corrected chi connectivity index (χ2v) is 5.94. The standard InChI is InChI=1S/C17H19BrN2O3/c1-10(12-5-7-15(22-3)14(18)9-12)19-16-8-6-13(11(2)20-16)17(21)23-4/h5-10H,1-4H3,(H,19,20). The Morgan fingerprint density at radius 1 is 1.26 bits per heavy atom. The van der Waals surface area contributed by atoms with Gasteiger partial charge in [0.15, 0.2) is 0 Å². The van der Waals surface area contributed by atoms with Crippen molar-refractivity contribution in [1.82, 2.24) is 4.98 Å². The highest BCUT2D eigenvalue weighted by Gasteiger charge is 2.13. The molecule has 1 atom stereocenters. The van der Waals surface area contributed by atoms with Crippen molar-refractivity contribution in [3.05, 3.63) is 51.6 Å². The normalized spacial score (nSPS) is 11.7. The van der Waals surface area contributed by atoms with E-state index in [-0.39, 0.29) is 12.0 Å². The molecule has 1 aromatic carbocycles. The lowest BCUT2D eigenvalue weighted by Crippen LogP contribution is -2.11. The van der Waals surface area contributed by atoms with Gasteiger partial charge in [-0.1, -0.05) is 6.07 Å². The first kappa shape index (κ1) is 17.3. The second kappa shape index (κ2) is 7.46. The molecule has 23 heavy (non-hydrogen) atoms. The van der Waals surface area contributed by atoms with Crippen molar-refractivity contribution >= 4 is 27.7 Å². The number of nitrogens with one attached hydrogen (secondary N) is 1. The number of aryl methyl sites for hydroxylation is 1. The first-order chi connectivity index (χ1) is 11.0. The first-order valence-electron chi connectivity index (χ1n) is 7.12. The molecule has 1 heterocycles. The fourth-order valence-corrected chi connectivity index (χ4v) is 2.78. The van der Waals surface area contributed by atoms with Crippen LogP contribution in [-0.4, -0.2) is 25.2 Å². The largest absolute Gasteiger partial charge is 0.496 e. The molecule has 0 saturated heterocycles. The number of carbonyl (C=O) groups excluding carboxylic acids is 1. The van der Waals surface area contributed by atoms with Crippen molar-refractivity contribution in [3.63, 3.8) is 0 Å². The Balaban J connectivity index is 2.17. The molecule has 0 saturated carbocycles. The van der Waals surface area contributed by atoms with Gasteiger partial charge in [-0.25, -0.2) is 9.78 Å². The van der Waals surface area contributed by atoms with E-state index < -0.39 is 0 Å². The fourth-order valence-electron chi connectivity index (χ4n) is 2.22. The molecule has 0 aliphatic rings. The van der Waals surface area contributed by atoms with Crippen LogP contribution in [-0.2, 0) is 4.74 Å². The van der Waals surface area contributed by atoms with Crippen LogP contribution in [0.4, 0.5) is 5.82 Å². The molecule has 1 unspecified atom stereocenters. The number of esters is 1. The smallest absolute Gasteiger partial charge is 0.339 e. The van der Waals surface area contributed by atoms with Crippen molar-refractivity contribution < 1.29 is 14.3 Å². The predicted octanol–water partition coefficient (Wildman–Crippen LogP) is 4.12. The maximum Gasteiger partial charge on any atom is 0.339 e. The maximum atomic E-state index is 11.6. The highest BCUT2D eigenvalue weighted by atomic mass is 79.9. The molecular weight excluding hydrogens is 360 g/mol. The van der Waals surface area contributed by atoms with E-state index in [2.05, 4.69) is 26.2 Å². The van der Waals surface area contributed by atoms with Gasteiger partial charge in [-0.15, -0.1) is 0 Å². The van der Waals surface area contributed by atoms with Crippen LogP contribution in [0.25, 0.3) is 0 Å². The average Bonchev–Trinajstić information content (AvgIpc) is 2.54. The van der Waals surface area contributed by atoms with Crippen LogP contribution in [0.2, 0.25) is 0 Å². The van der Waals surface area contributed by atoms with Gasteiger partial charge in [-0.3, -0.25) is 0 Å². The number of hydrogen-bond acceptors (Lipinski definition) is 5. The molecule has 0 aliphatic heterocycles. The minimum absolute atomic E-state index is 0.0492. The number of pyridine rings is 1. The highest BCUT2D eigenvalue weighted by Crippen LogP contribution is 2.29. The van der Waals surface area contributed by atoms with Crippen LogP contribution < -0.4 is 10.1 Å². The predicted molar refractivity (Wildman–Crippen MR) is 93.0 cm³/mol. The molecule has 6 heteroatoms. The average molecular weight is 379 g/mol. The summed E-state index contributed by atoms with van der Waals surface area (Å²) in [5.74, 6) is 1.11. The molecule has 122 valence electrons. The number of halogens is 1. The third kappa shape index (κ3) is 4.01. The summed E-state index contributed by atoms with van der Waals surface area (Å²) in [6.45, 7) is 3.82. The quantitative estimate of drug-likeness (QED) is 0.792. The van der Waals surface area contributed by atoms with Crippen molar-refractivity contribution in [3.8, 4) is 5.75 Å². The minimum atomic E-state index is -0.381. The van der Waals surface area contributed by atoms with Gasteiger partial charge in [-0.2, -0.15) is 0 Å². The summed E-state index contributed by atoms with van der Waals surface area (Å²) >= 11 is 3.49. The van der Waals surface area contributed by atoms with E-state index in [0.717, 1.165) is 15.8 Å². The van der Waals surface area contributed by atoms with Gasteiger partial charge in [0.2, 0.25) is 0 Å². The Kier molecular flexibility index (Phi) is 5.60. The lowest BCUT2D eigenvalue weighted by Gasteiger charge is -2.17. The Labute approximate surface area is 144 Å². The summed E-state index contributed by atoms with van der Waals surface area (Å²) in [6.07, 6.45) is 0. The van der Waals surface area contributed by atoms with Crippen LogP contribution >= 0.6 is 15.9 Å². The van der Waals surface area contributed by atoms with Crippen molar-refractivity contribution in [1.29, 1.82) is 0 Å². The molecule has 2 rings (SSSR count). The molecule has 0 amide bonds. The van der Waals surface area contributed by atoms with Gasteiger partial charge in [0.25, 0.3) is 0 Å². The van der Waals surface area contributed by atoms with Crippen LogP contribution in [0, 0.1) is 6.92 Å². The highest BCUT2D eigenvalue weighted by molar-refractivity contribution is 9.10. The van der Waals surface area contributed by atoms with Gasteiger partial charge in [0.1, 0.15) is 11.6 Å². The van der Waals surface area contributed by atoms with Crippen LogP contribution in [0.5, 0.6) is 5.75 Å². The molecule has 5 nitrogen and oxygen atoms in total. The van der Waals surface area contributed by atoms with Gasteiger partial charge in [0, 0.05) is 6.04 Å². The lowest BCUT2D eigenvalue weighted by atomic mass is 10.1. The number of benzene rings is 1. The van der Waals surface area contributed by atoms with Crippen molar-refractivity contribution in [2.75, 3.05) is 19.5 Å². The Bertz CT molecular complexity index is 719. The molecule has 0 spiro atoms. The molecule has 1 N–H and O–H groups in total. The lowest BCUT2D eigenvalue weighted by molar-refractivity contribution is 0.0599. The second-order valence-electron chi connectivity index (χ2n) is 5.08. The summed E-state index contributed by atoms with van der Waals surface area (Å²) in [4.78, 5) is 16.0. The van der Waals surface area contributed by atoms with Crippen LogP contribution in [0.3, 0.4) is 0 Å². The molecule has 0 fully saturated rings. The number of nitrogens with zero attached hydrogens (tertiary/aromatic N) is 1. The number of rotatable bonds is 5. The zero-order valence-electron chi connectivity index (χ0n) is 13.5. The van der Waals surface area contributed by atoms with Crippen LogP contribution in [0.1, 0.15) is 34.6 Å². The number of carbonyl (C=O) groups is 1.